The number of halogens is 3. The van der Waals surface area contributed by atoms with Gasteiger partial charge in [-0.3, -0.25) is 14.4 Å². The summed E-state index contributed by atoms with van der Waals surface area (Å²) in [5, 5.41) is 8.28. The predicted molar refractivity (Wildman–Crippen MR) is 37.5 cm³/mol. The molecular formula is C7H7F3O4. The van der Waals surface area contributed by atoms with E-state index in [2.05, 4.69) is 0 Å². The molecule has 14 heavy (non-hydrogen) atoms. The van der Waals surface area contributed by atoms with Gasteiger partial charge in [0.1, 0.15) is 11.7 Å². The summed E-state index contributed by atoms with van der Waals surface area (Å²) in [4.78, 5) is 31.1. The molecule has 0 aliphatic heterocycles. The molecule has 0 rings (SSSR count). The van der Waals surface area contributed by atoms with Crippen molar-refractivity contribution in [3.8, 4) is 0 Å². The van der Waals surface area contributed by atoms with Crippen LogP contribution >= 0.6 is 0 Å². The second-order valence-electron chi connectivity index (χ2n) is 2.66. The topological polar surface area (TPSA) is 71.4 Å². The number of carboxylic acid groups (broad SMARTS) is 1. The summed E-state index contributed by atoms with van der Waals surface area (Å²) in [5.41, 5.74) is 0. The van der Waals surface area contributed by atoms with Crippen LogP contribution < -0.4 is 0 Å². The Balaban J connectivity index is 4.76. The summed E-state index contributed by atoms with van der Waals surface area (Å²) in [6.45, 7) is 0.916. The predicted octanol–water partition coefficient (Wildman–Crippen LogP) is 0.798. The van der Waals surface area contributed by atoms with E-state index in [9.17, 15) is 27.6 Å². The van der Waals surface area contributed by atoms with Crippen molar-refractivity contribution in [3.63, 3.8) is 0 Å². The largest absolute Gasteiger partial charge is 0.481 e. The molecule has 0 aliphatic carbocycles. The lowest BCUT2D eigenvalue weighted by molar-refractivity contribution is -0.180. The lowest BCUT2D eigenvalue weighted by Crippen LogP contribution is -2.36. The van der Waals surface area contributed by atoms with Crippen LogP contribution in [0.1, 0.15) is 13.3 Å². The van der Waals surface area contributed by atoms with Gasteiger partial charge in [-0.25, -0.2) is 0 Å². The molecule has 1 unspecified atom stereocenters. The van der Waals surface area contributed by atoms with Crippen LogP contribution in [0.25, 0.3) is 0 Å². The molecule has 0 spiro atoms. The standard InChI is InChI=1S/C7H7F3O4/c1-3(11)2-4(6(13)14)5(12)7(8,9)10/h4H,2H2,1H3,(H,13,14). The number of hydrogen-bond acceptors (Lipinski definition) is 3. The molecule has 0 heterocycles. The molecule has 0 bridgehead atoms. The van der Waals surface area contributed by atoms with Crippen molar-refractivity contribution in [3.05, 3.63) is 0 Å². The molecule has 1 atom stereocenters. The van der Waals surface area contributed by atoms with Crippen molar-refractivity contribution in [2.45, 2.75) is 19.5 Å². The summed E-state index contributed by atoms with van der Waals surface area (Å²) in [6, 6.07) is 0. The van der Waals surface area contributed by atoms with E-state index in [4.69, 9.17) is 5.11 Å². The summed E-state index contributed by atoms with van der Waals surface area (Å²) < 4.78 is 35.4. The number of carbonyl (C=O) groups excluding carboxylic acids is 2. The van der Waals surface area contributed by atoms with Crippen molar-refractivity contribution >= 4 is 17.5 Å². The highest BCUT2D eigenvalue weighted by Crippen LogP contribution is 2.23. The second kappa shape index (κ2) is 4.21. The zero-order valence-electron chi connectivity index (χ0n) is 7.09. The van der Waals surface area contributed by atoms with Gasteiger partial charge in [0.25, 0.3) is 5.78 Å². The first-order valence-electron chi connectivity index (χ1n) is 3.49. The number of aliphatic carboxylic acids is 1. The Kier molecular flexibility index (Phi) is 3.79. The Bertz CT molecular complexity index is 269. The number of hydrogen-bond donors (Lipinski definition) is 1. The number of rotatable bonds is 4. The third-order valence-corrected chi connectivity index (χ3v) is 1.39. The fraction of sp³-hybridized carbons (Fsp3) is 0.571. The third kappa shape index (κ3) is 3.55. The van der Waals surface area contributed by atoms with Gasteiger partial charge in [-0.2, -0.15) is 13.2 Å². The zero-order valence-corrected chi connectivity index (χ0v) is 7.09. The van der Waals surface area contributed by atoms with Gasteiger partial charge >= 0.3 is 12.1 Å². The van der Waals surface area contributed by atoms with Crippen molar-refractivity contribution < 1.29 is 32.7 Å². The highest BCUT2D eigenvalue weighted by molar-refractivity contribution is 6.03. The van der Waals surface area contributed by atoms with Crippen LogP contribution in [0.5, 0.6) is 0 Å². The van der Waals surface area contributed by atoms with Gasteiger partial charge in [0.05, 0.1) is 0 Å². The maximum atomic E-state index is 11.8. The third-order valence-electron chi connectivity index (χ3n) is 1.39. The van der Waals surface area contributed by atoms with Crippen molar-refractivity contribution in [1.29, 1.82) is 0 Å². The average molecular weight is 212 g/mol. The van der Waals surface area contributed by atoms with Gasteiger partial charge in [-0.15, -0.1) is 0 Å². The summed E-state index contributed by atoms with van der Waals surface area (Å²) in [5.74, 6) is -7.45. The van der Waals surface area contributed by atoms with Crippen LogP contribution in [0.4, 0.5) is 13.2 Å². The Hall–Kier alpha value is -1.40. The second-order valence-corrected chi connectivity index (χ2v) is 2.66. The summed E-state index contributed by atoms with van der Waals surface area (Å²) in [6.07, 6.45) is -6.16. The van der Waals surface area contributed by atoms with E-state index in [0.29, 0.717) is 0 Å². The molecule has 0 amide bonds. The van der Waals surface area contributed by atoms with E-state index in [-0.39, 0.29) is 0 Å². The molecule has 80 valence electrons. The van der Waals surface area contributed by atoms with E-state index >= 15 is 0 Å². The minimum atomic E-state index is -5.22. The van der Waals surface area contributed by atoms with Crippen LogP contribution in [0.3, 0.4) is 0 Å². The molecule has 0 aliphatic rings. The molecule has 1 N–H and O–H groups in total. The Morgan fingerprint density at radius 3 is 1.93 bits per heavy atom. The lowest BCUT2D eigenvalue weighted by atomic mass is 9.98. The van der Waals surface area contributed by atoms with Gasteiger partial charge in [-0.1, -0.05) is 0 Å². The maximum Gasteiger partial charge on any atom is 0.450 e. The van der Waals surface area contributed by atoms with Crippen molar-refractivity contribution in [2.24, 2.45) is 5.92 Å². The molecule has 7 heteroatoms. The lowest BCUT2D eigenvalue weighted by Gasteiger charge is -2.11. The fourth-order valence-electron chi connectivity index (χ4n) is 0.777. The molecule has 4 nitrogen and oxygen atoms in total. The number of Topliss-reactive ketones (excluding diaryl/α,β-unsaturated/α-hetero) is 2. The SMILES string of the molecule is CC(=O)CC(C(=O)O)C(=O)C(F)(F)F. The van der Waals surface area contributed by atoms with Gasteiger partial charge in [0.2, 0.25) is 0 Å². The highest BCUT2D eigenvalue weighted by Gasteiger charge is 2.46. The van der Waals surface area contributed by atoms with E-state index in [1.54, 1.807) is 0 Å². The number of carbonyl (C=O) groups is 3. The van der Waals surface area contributed by atoms with E-state index < -0.39 is 36.1 Å². The Morgan fingerprint density at radius 2 is 1.71 bits per heavy atom. The van der Waals surface area contributed by atoms with Crippen LogP contribution in [0, 0.1) is 5.92 Å². The quantitative estimate of drug-likeness (QED) is 0.699. The number of carboxylic acids is 1. The summed E-state index contributed by atoms with van der Waals surface area (Å²) >= 11 is 0. The first-order valence-corrected chi connectivity index (χ1v) is 3.49. The van der Waals surface area contributed by atoms with Crippen LogP contribution in [-0.2, 0) is 14.4 Å². The highest BCUT2D eigenvalue weighted by atomic mass is 19.4. The minimum absolute atomic E-state index is 0.782. The molecule has 0 saturated heterocycles. The Morgan fingerprint density at radius 1 is 1.29 bits per heavy atom. The maximum absolute atomic E-state index is 11.8. The van der Waals surface area contributed by atoms with Gasteiger partial charge in [0.15, 0.2) is 0 Å². The van der Waals surface area contributed by atoms with Gasteiger partial charge in [0, 0.05) is 6.42 Å². The van der Waals surface area contributed by atoms with Crippen molar-refractivity contribution in [2.75, 3.05) is 0 Å². The molecule has 0 fully saturated rings. The van der Waals surface area contributed by atoms with Crippen molar-refractivity contribution in [1.82, 2.24) is 0 Å². The molecule has 0 aromatic carbocycles. The normalized spacial score (nSPS) is 13.4. The minimum Gasteiger partial charge on any atom is -0.481 e. The van der Waals surface area contributed by atoms with Gasteiger partial charge < -0.3 is 5.11 Å². The zero-order chi connectivity index (χ0) is 11.5. The first kappa shape index (κ1) is 12.6. The van der Waals surface area contributed by atoms with Crippen LogP contribution in [0.15, 0.2) is 0 Å². The van der Waals surface area contributed by atoms with Gasteiger partial charge in [-0.05, 0) is 6.92 Å². The van der Waals surface area contributed by atoms with Crippen LogP contribution in [0.2, 0.25) is 0 Å². The fourth-order valence-corrected chi connectivity index (χ4v) is 0.777. The molecule has 0 aromatic heterocycles. The molecule has 0 radical (unpaired) electrons. The van der Waals surface area contributed by atoms with E-state index in [0.717, 1.165) is 6.92 Å². The number of alkyl halides is 3. The monoisotopic (exact) mass is 212 g/mol. The number of ketones is 2. The molecular weight excluding hydrogens is 205 g/mol. The smallest absolute Gasteiger partial charge is 0.450 e. The van der Waals surface area contributed by atoms with Crippen LogP contribution in [-0.4, -0.2) is 28.8 Å². The molecule has 0 aromatic rings. The Labute approximate surface area is 76.7 Å². The molecule has 0 saturated carbocycles. The van der Waals surface area contributed by atoms with E-state index in [1.165, 1.54) is 0 Å². The van der Waals surface area contributed by atoms with E-state index in [1.807, 2.05) is 0 Å². The summed E-state index contributed by atoms with van der Waals surface area (Å²) in [7, 11) is 0. The first-order chi connectivity index (χ1) is 6.16. The average Bonchev–Trinajstić information content (AvgIpc) is 1.96.